The number of carbonyl (C=O) groups excluding carboxylic acids is 2. The summed E-state index contributed by atoms with van der Waals surface area (Å²) in [5, 5.41) is 16.9. The molecule has 50 heavy (non-hydrogen) atoms. The summed E-state index contributed by atoms with van der Waals surface area (Å²) in [4.78, 5) is 36.0. The molecule has 3 aromatic carbocycles. The number of amides is 3. The minimum atomic E-state index is -4.19. The molecular formula is C36H45N3O9S2. The summed E-state index contributed by atoms with van der Waals surface area (Å²) in [5.74, 6) is -1.14. The van der Waals surface area contributed by atoms with Crippen molar-refractivity contribution >= 4 is 43.3 Å². The highest BCUT2D eigenvalue weighted by atomic mass is 32.2. The Morgan fingerprint density at radius 2 is 1.44 bits per heavy atom. The van der Waals surface area contributed by atoms with Gasteiger partial charge in [0, 0.05) is 24.6 Å². The van der Waals surface area contributed by atoms with Gasteiger partial charge in [-0.05, 0) is 66.1 Å². The summed E-state index contributed by atoms with van der Waals surface area (Å²) in [6.07, 6.45) is 8.74. The quantitative estimate of drug-likeness (QED) is 0.140. The maximum absolute atomic E-state index is 13.7. The van der Waals surface area contributed by atoms with E-state index in [1.165, 1.54) is 37.0 Å². The van der Waals surface area contributed by atoms with Gasteiger partial charge in [0.05, 0.1) is 24.8 Å². The van der Waals surface area contributed by atoms with Gasteiger partial charge < -0.3 is 25.8 Å². The molecule has 0 radical (unpaired) electrons. The minimum Gasteiger partial charge on any atom is -0.492 e. The largest absolute Gasteiger partial charge is 0.492 e. The molecule has 3 amide bonds. The van der Waals surface area contributed by atoms with E-state index in [2.05, 4.69) is 16.0 Å². The number of urea groups is 1. The maximum Gasteiger partial charge on any atom is 0.320 e. The highest BCUT2D eigenvalue weighted by Crippen LogP contribution is 2.37. The second-order valence-corrected chi connectivity index (χ2v) is 16.5. The molecule has 0 heterocycles. The zero-order valence-electron chi connectivity index (χ0n) is 28.5. The van der Waals surface area contributed by atoms with Gasteiger partial charge in [0.1, 0.15) is 15.5 Å². The van der Waals surface area contributed by atoms with Crippen LogP contribution >= 0.6 is 0 Å². The Hall–Kier alpha value is -4.43. The van der Waals surface area contributed by atoms with Gasteiger partial charge in [-0.15, -0.1) is 0 Å². The lowest BCUT2D eigenvalue weighted by atomic mass is 9.83. The van der Waals surface area contributed by atoms with Crippen LogP contribution in [0.15, 0.2) is 70.5 Å². The molecule has 14 heteroatoms. The lowest BCUT2D eigenvalue weighted by molar-refractivity contribution is -0.136. The molecule has 4 N–H and O–H groups in total. The van der Waals surface area contributed by atoms with Crippen LogP contribution in [-0.2, 0) is 24.5 Å². The Labute approximate surface area is 293 Å². The molecule has 1 unspecified atom stereocenters. The zero-order valence-corrected chi connectivity index (χ0v) is 30.2. The van der Waals surface area contributed by atoms with Crippen LogP contribution in [-0.4, -0.2) is 65.5 Å². The number of rotatable bonds is 15. The normalized spacial score (nSPS) is 14.4. The standard InChI is InChI=1S/C36H45N3O9S2/c1-4-5-23-48-30-20-19-29(33(49(2,44)45)34(30)50(3,46)47)38-36(43)39-32(26-13-11-25(12-14-26)24-9-7-6-8-10-24)27-15-17-28(18-16-27)35(42)37-22-21-31(40)41/h11-20,24,32H,4-10,21-23H2,1-3H3,(H,37,42)(H,40,41)(H2,38,39,43). The fourth-order valence-electron chi connectivity index (χ4n) is 6.06. The number of carboxylic acids is 1. The van der Waals surface area contributed by atoms with E-state index >= 15 is 0 Å². The van der Waals surface area contributed by atoms with Crippen LogP contribution in [0.4, 0.5) is 10.5 Å². The van der Waals surface area contributed by atoms with Crippen LogP contribution in [0.5, 0.6) is 5.75 Å². The summed E-state index contributed by atoms with van der Waals surface area (Å²) in [7, 11) is -8.32. The maximum atomic E-state index is 13.7. The van der Waals surface area contributed by atoms with Crippen LogP contribution in [0.3, 0.4) is 0 Å². The van der Waals surface area contributed by atoms with E-state index in [1.807, 2.05) is 31.2 Å². The Morgan fingerprint density at radius 1 is 0.840 bits per heavy atom. The molecule has 0 aromatic heterocycles. The average Bonchev–Trinajstić information content (AvgIpc) is 3.07. The molecule has 0 saturated heterocycles. The molecule has 3 aromatic rings. The van der Waals surface area contributed by atoms with Crippen molar-refractivity contribution < 1.29 is 41.1 Å². The Morgan fingerprint density at radius 3 is 2.00 bits per heavy atom. The molecule has 1 saturated carbocycles. The van der Waals surface area contributed by atoms with E-state index in [9.17, 15) is 31.2 Å². The third-order valence-corrected chi connectivity index (χ3v) is 11.0. The summed E-state index contributed by atoms with van der Waals surface area (Å²) in [6, 6.07) is 15.5. The number of aliphatic carboxylic acids is 1. The Kier molecular flexibility index (Phi) is 13.0. The molecule has 0 bridgehead atoms. The van der Waals surface area contributed by atoms with Crippen molar-refractivity contribution in [2.24, 2.45) is 0 Å². The number of unbranched alkanes of at least 4 members (excludes halogenated alkanes) is 1. The monoisotopic (exact) mass is 727 g/mol. The van der Waals surface area contributed by atoms with Gasteiger partial charge in [-0.1, -0.05) is 69.0 Å². The average molecular weight is 728 g/mol. The van der Waals surface area contributed by atoms with E-state index in [-0.39, 0.29) is 31.0 Å². The van der Waals surface area contributed by atoms with Crippen molar-refractivity contribution in [2.75, 3.05) is 31.0 Å². The first-order valence-electron chi connectivity index (χ1n) is 16.7. The Bertz CT molecular complexity index is 1890. The zero-order chi connectivity index (χ0) is 36.5. The third kappa shape index (κ3) is 10.3. The number of hydrogen-bond donors (Lipinski definition) is 4. The first-order valence-corrected chi connectivity index (χ1v) is 20.4. The molecule has 1 aliphatic rings. The van der Waals surface area contributed by atoms with Crippen molar-refractivity contribution in [3.63, 3.8) is 0 Å². The number of anilines is 1. The number of carboxylic acid groups (broad SMARTS) is 1. The van der Waals surface area contributed by atoms with Crippen LogP contribution in [0, 0.1) is 0 Å². The lowest BCUT2D eigenvalue weighted by Gasteiger charge is -2.24. The predicted molar refractivity (Wildman–Crippen MR) is 190 cm³/mol. The molecule has 12 nitrogen and oxygen atoms in total. The SMILES string of the molecule is CCCCOc1ccc(NC(=O)NC(c2ccc(C(=O)NCCC(=O)O)cc2)c2ccc(C3CCCCC3)cc2)c(S(C)(=O)=O)c1S(C)(=O)=O. The van der Waals surface area contributed by atoms with Gasteiger partial charge >= 0.3 is 12.0 Å². The van der Waals surface area contributed by atoms with Crippen molar-refractivity contribution in [3.8, 4) is 5.75 Å². The molecule has 1 fully saturated rings. The highest BCUT2D eigenvalue weighted by Gasteiger charge is 2.30. The van der Waals surface area contributed by atoms with Gasteiger partial charge in [0.2, 0.25) is 0 Å². The molecule has 270 valence electrons. The summed E-state index contributed by atoms with van der Waals surface area (Å²) in [5.41, 5.74) is 2.60. The number of ether oxygens (including phenoxy) is 1. The summed E-state index contributed by atoms with van der Waals surface area (Å²) >= 11 is 0. The summed E-state index contributed by atoms with van der Waals surface area (Å²) in [6.45, 7) is 2.08. The van der Waals surface area contributed by atoms with E-state index in [0.717, 1.165) is 37.3 Å². The molecule has 4 rings (SSSR count). The van der Waals surface area contributed by atoms with E-state index in [1.54, 1.807) is 24.3 Å². The second kappa shape index (κ2) is 17.0. The molecular weight excluding hydrogens is 683 g/mol. The van der Waals surface area contributed by atoms with Gasteiger partial charge in [-0.2, -0.15) is 0 Å². The van der Waals surface area contributed by atoms with Gasteiger partial charge in [0.15, 0.2) is 19.7 Å². The molecule has 0 spiro atoms. The topological polar surface area (TPSA) is 185 Å². The fourth-order valence-corrected chi connectivity index (χ4v) is 8.86. The van der Waals surface area contributed by atoms with E-state index in [4.69, 9.17) is 9.84 Å². The van der Waals surface area contributed by atoms with Crippen molar-refractivity contribution in [3.05, 3.63) is 82.9 Å². The van der Waals surface area contributed by atoms with E-state index in [0.29, 0.717) is 23.5 Å². The number of nitrogens with one attached hydrogen (secondary N) is 3. The third-order valence-electron chi connectivity index (χ3n) is 8.57. The van der Waals surface area contributed by atoms with Crippen molar-refractivity contribution in [1.29, 1.82) is 0 Å². The smallest absolute Gasteiger partial charge is 0.320 e. The molecule has 1 aliphatic carbocycles. The molecule has 1 atom stereocenters. The lowest BCUT2D eigenvalue weighted by Crippen LogP contribution is -2.34. The van der Waals surface area contributed by atoms with Crippen molar-refractivity contribution in [2.45, 2.75) is 80.0 Å². The van der Waals surface area contributed by atoms with Crippen LogP contribution in [0.2, 0.25) is 0 Å². The highest BCUT2D eigenvalue weighted by molar-refractivity contribution is 7.94. The Balaban J connectivity index is 1.67. The number of sulfone groups is 2. The molecule has 0 aliphatic heterocycles. The first-order chi connectivity index (χ1) is 23.7. The van der Waals surface area contributed by atoms with Crippen LogP contribution in [0.1, 0.15) is 97.3 Å². The van der Waals surface area contributed by atoms with Gasteiger partial charge in [-0.3, -0.25) is 9.59 Å². The minimum absolute atomic E-state index is 0.0318. The van der Waals surface area contributed by atoms with Gasteiger partial charge in [-0.25, -0.2) is 21.6 Å². The van der Waals surface area contributed by atoms with Gasteiger partial charge in [0.25, 0.3) is 5.91 Å². The van der Waals surface area contributed by atoms with Crippen molar-refractivity contribution in [1.82, 2.24) is 10.6 Å². The first kappa shape index (κ1) is 38.4. The fraction of sp³-hybridized carbons (Fsp3) is 0.417. The summed E-state index contributed by atoms with van der Waals surface area (Å²) < 4.78 is 57.6. The second-order valence-electron chi connectivity index (χ2n) is 12.6. The van der Waals surface area contributed by atoms with E-state index < -0.39 is 53.4 Å². The number of carbonyl (C=O) groups is 3. The number of benzene rings is 3. The van der Waals surface area contributed by atoms with Crippen LogP contribution < -0.4 is 20.7 Å². The number of hydrogen-bond acceptors (Lipinski definition) is 8. The van der Waals surface area contributed by atoms with Crippen LogP contribution in [0.25, 0.3) is 0 Å². The predicted octanol–water partition coefficient (Wildman–Crippen LogP) is 5.84.